The maximum atomic E-state index is 5.95. The zero-order chi connectivity index (χ0) is 17.1. The highest BCUT2D eigenvalue weighted by molar-refractivity contribution is 7.21. The van der Waals surface area contributed by atoms with E-state index in [1.54, 1.807) is 18.4 Å². The van der Waals surface area contributed by atoms with Crippen LogP contribution in [-0.4, -0.2) is 24.0 Å². The van der Waals surface area contributed by atoms with Crippen LogP contribution >= 0.6 is 11.3 Å². The first-order valence-electron chi connectivity index (χ1n) is 8.38. The summed E-state index contributed by atoms with van der Waals surface area (Å²) in [4.78, 5) is 8.91. The molecule has 0 atom stereocenters. The first kappa shape index (κ1) is 15.9. The van der Waals surface area contributed by atoms with Crippen LogP contribution in [0.4, 0.5) is 0 Å². The number of furan rings is 1. The highest BCUT2D eigenvalue weighted by Crippen LogP contribution is 2.31. The molecule has 0 unspecified atom stereocenters. The fraction of sp³-hybridized carbons (Fsp3) is 0.263. The van der Waals surface area contributed by atoms with Crippen molar-refractivity contribution in [3.8, 4) is 10.8 Å². The van der Waals surface area contributed by atoms with Crippen molar-refractivity contribution in [1.82, 2.24) is 15.6 Å². The van der Waals surface area contributed by atoms with E-state index in [0.717, 1.165) is 40.8 Å². The first-order valence-corrected chi connectivity index (χ1v) is 9.20. The van der Waals surface area contributed by atoms with E-state index in [9.17, 15) is 0 Å². The molecule has 0 saturated carbocycles. The van der Waals surface area contributed by atoms with E-state index in [1.165, 1.54) is 4.70 Å². The predicted molar refractivity (Wildman–Crippen MR) is 103 cm³/mol. The molecule has 2 heterocycles. The second-order valence-electron chi connectivity index (χ2n) is 5.96. The van der Waals surface area contributed by atoms with Gasteiger partial charge in [-0.15, -0.1) is 11.3 Å². The number of hydrogen-bond acceptors (Lipinski definition) is 4. The van der Waals surface area contributed by atoms with E-state index in [2.05, 4.69) is 38.8 Å². The van der Waals surface area contributed by atoms with Gasteiger partial charge >= 0.3 is 0 Å². The van der Waals surface area contributed by atoms with Gasteiger partial charge < -0.3 is 15.1 Å². The Kier molecular flexibility index (Phi) is 4.52. The van der Waals surface area contributed by atoms with Crippen LogP contribution in [0.3, 0.4) is 0 Å². The van der Waals surface area contributed by atoms with Crippen LogP contribution in [0.2, 0.25) is 0 Å². The smallest absolute Gasteiger partial charge is 0.191 e. The van der Waals surface area contributed by atoms with E-state index in [-0.39, 0.29) is 0 Å². The van der Waals surface area contributed by atoms with Gasteiger partial charge in [0.15, 0.2) is 16.7 Å². The van der Waals surface area contributed by atoms with Crippen LogP contribution in [0.25, 0.3) is 21.0 Å². The maximum absolute atomic E-state index is 5.95. The number of rotatable bonds is 4. The van der Waals surface area contributed by atoms with Crippen LogP contribution in [0.5, 0.6) is 0 Å². The highest BCUT2D eigenvalue weighted by Gasteiger charge is 2.13. The van der Waals surface area contributed by atoms with Crippen molar-refractivity contribution in [1.29, 1.82) is 0 Å². The van der Waals surface area contributed by atoms with Crippen LogP contribution in [-0.2, 0) is 6.54 Å². The van der Waals surface area contributed by atoms with Gasteiger partial charge in [0.2, 0.25) is 0 Å². The monoisotopic (exact) mass is 352 g/mol. The lowest BCUT2D eigenvalue weighted by atomic mass is 10.2. The van der Waals surface area contributed by atoms with Crippen molar-refractivity contribution in [2.24, 2.45) is 4.99 Å². The van der Waals surface area contributed by atoms with Crippen LogP contribution < -0.4 is 10.6 Å². The summed E-state index contributed by atoms with van der Waals surface area (Å²) >= 11 is 1.65. The molecule has 0 amide bonds. The quantitative estimate of drug-likeness (QED) is 0.424. The molecule has 0 bridgehead atoms. The lowest BCUT2D eigenvalue weighted by molar-refractivity contribution is 0.511. The SMILES string of the molecule is CN=C(NCc1ccc(-c2nc3ccccc3s2)o1)NC1CC=CC1. The Bertz CT molecular complexity index is 883. The van der Waals surface area contributed by atoms with Gasteiger partial charge in [-0.05, 0) is 37.1 Å². The molecule has 5 nitrogen and oxygen atoms in total. The van der Waals surface area contributed by atoms with Gasteiger partial charge in [0.1, 0.15) is 5.76 Å². The molecule has 0 aliphatic heterocycles. The molecular formula is C19H20N4OS. The zero-order valence-electron chi connectivity index (χ0n) is 14.0. The normalized spacial score (nSPS) is 15.2. The molecule has 0 radical (unpaired) electrons. The Morgan fingerprint density at radius 1 is 1.24 bits per heavy atom. The fourth-order valence-corrected chi connectivity index (χ4v) is 3.79. The van der Waals surface area contributed by atoms with E-state index in [1.807, 2.05) is 30.3 Å². The molecule has 1 aliphatic rings. The van der Waals surface area contributed by atoms with Crippen molar-refractivity contribution in [3.05, 3.63) is 54.3 Å². The average Bonchev–Trinajstić information content (AvgIpc) is 3.38. The Morgan fingerprint density at radius 3 is 2.88 bits per heavy atom. The number of aliphatic imine (C=N–C) groups is 1. The Morgan fingerprint density at radius 2 is 2.08 bits per heavy atom. The number of para-hydroxylation sites is 1. The van der Waals surface area contributed by atoms with Crippen LogP contribution in [0, 0.1) is 0 Å². The van der Waals surface area contributed by atoms with Crippen molar-refractivity contribution in [2.45, 2.75) is 25.4 Å². The van der Waals surface area contributed by atoms with Gasteiger partial charge in [-0.2, -0.15) is 0 Å². The minimum Gasteiger partial charge on any atom is -0.457 e. The maximum Gasteiger partial charge on any atom is 0.191 e. The Balaban J connectivity index is 1.40. The summed E-state index contributed by atoms with van der Waals surface area (Å²) in [5.41, 5.74) is 1.01. The molecule has 25 heavy (non-hydrogen) atoms. The molecule has 128 valence electrons. The number of nitrogens with zero attached hydrogens (tertiary/aromatic N) is 2. The predicted octanol–water partition coefficient (Wildman–Crippen LogP) is 3.94. The minimum atomic E-state index is 0.432. The van der Waals surface area contributed by atoms with E-state index < -0.39 is 0 Å². The molecule has 2 aromatic heterocycles. The lowest BCUT2D eigenvalue weighted by Crippen LogP contribution is -2.42. The summed E-state index contributed by atoms with van der Waals surface area (Å²) in [7, 11) is 1.78. The molecule has 0 fully saturated rings. The van der Waals surface area contributed by atoms with E-state index in [4.69, 9.17) is 4.42 Å². The zero-order valence-corrected chi connectivity index (χ0v) is 14.8. The van der Waals surface area contributed by atoms with Gasteiger partial charge in [-0.25, -0.2) is 4.98 Å². The summed E-state index contributed by atoms with van der Waals surface area (Å²) in [6.45, 7) is 0.588. The number of aromatic nitrogens is 1. The second kappa shape index (κ2) is 7.11. The number of benzene rings is 1. The van der Waals surface area contributed by atoms with Crippen LogP contribution in [0.1, 0.15) is 18.6 Å². The molecule has 0 saturated heterocycles. The third kappa shape index (κ3) is 3.58. The summed E-state index contributed by atoms with van der Waals surface area (Å²) in [5.74, 6) is 2.47. The van der Waals surface area contributed by atoms with E-state index in [0.29, 0.717) is 12.6 Å². The van der Waals surface area contributed by atoms with E-state index >= 15 is 0 Å². The largest absolute Gasteiger partial charge is 0.457 e. The summed E-state index contributed by atoms with van der Waals surface area (Å²) in [5, 5.41) is 7.63. The van der Waals surface area contributed by atoms with Crippen LogP contribution in [0.15, 0.2) is 58.0 Å². The molecule has 2 N–H and O–H groups in total. The summed E-state index contributed by atoms with van der Waals surface area (Å²) in [6, 6.07) is 12.5. The first-order chi connectivity index (χ1) is 12.3. The standard InChI is InChI=1S/C19H20N4OS/c1-20-19(22-13-6-2-3-7-13)21-12-14-10-11-16(24-14)18-23-15-8-4-5-9-17(15)25-18/h2-5,8-11,13H,6-7,12H2,1H3,(H2,20,21,22). The van der Waals surface area contributed by atoms with Crippen molar-refractivity contribution in [3.63, 3.8) is 0 Å². The number of fused-ring (bicyclic) bond motifs is 1. The highest BCUT2D eigenvalue weighted by atomic mass is 32.1. The van der Waals surface area contributed by atoms with Crippen molar-refractivity contribution < 1.29 is 4.42 Å². The van der Waals surface area contributed by atoms with Gasteiger partial charge in [0.25, 0.3) is 0 Å². The third-order valence-corrected chi connectivity index (χ3v) is 5.22. The molecule has 0 spiro atoms. The summed E-state index contributed by atoms with van der Waals surface area (Å²) < 4.78 is 7.12. The number of thiazole rings is 1. The number of guanidine groups is 1. The molecule has 3 aromatic rings. The second-order valence-corrected chi connectivity index (χ2v) is 6.99. The molecule has 4 rings (SSSR count). The Hall–Kier alpha value is -2.60. The Labute approximate surface area is 150 Å². The summed E-state index contributed by atoms with van der Waals surface area (Å²) in [6.07, 6.45) is 6.48. The number of nitrogens with one attached hydrogen (secondary N) is 2. The van der Waals surface area contributed by atoms with Gasteiger partial charge in [0.05, 0.1) is 16.8 Å². The molecule has 1 aromatic carbocycles. The average molecular weight is 352 g/mol. The fourth-order valence-electron chi connectivity index (χ4n) is 2.86. The van der Waals surface area contributed by atoms with Gasteiger partial charge in [-0.3, -0.25) is 4.99 Å². The van der Waals surface area contributed by atoms with Gasteiger partial charge in [-0.1, -0.05) is 24.3 Å². The van der Waals surface area contributed by atoms with Gasteiger partial charge in [0, 0.05) is 13.1 Å². The van der Waals surface area contributed by atoms with Crippen molar-refractivity contribution in [2.75, 3.05) is 7.05 Å². The van der Waals surface area contributed by atoms with Crippen molar-refractivity contribution >= 4 is 27.5 Å². The topological polar surface area (TPSA) is 62.5 Å². The molecule has 1 aliphatic carbocycles. The molecule has 6 heteroatoms. The lowest BCUT2D eigenvalue weighted by Gasteiger charge is -2.16. The minimum absolute atomic E-state index is 0.432. The number of hydrogen-bond donors (Lipinski definition) is 2. The molecular weight excluding hydrogens is 332 g/mol. The third-order valence-electron chi connectivity index (χ3n) is 4.17.